The molecule has 30 heavy (non-hydrogen) atoms. The van der Waals surface area contributed by atoms with Crippen molar-refractivity contribution in [1.29, 1.82) is 0 Å². The van der Waals surface area contributed by atoms with E-state index in [0.717, 1.165) is 17.9 Å². The molecule has 2 aromatic heterocycles. The molecule has 3 aliphatic rings. The number of carbonyl (C=O) groups is 2. The van der Waals surface area contributed by atoms with Crippen molar-refractivity contribution in [3.05, 3.63) is 54.4 Å². The lowest BCUT2D eigenvalue weighted by molar-refractivity contribution is -0.143. The van der Waals surface area contributed by atoms with Crippen LogP contribution in [0.15, 0.2) is 43.0 Å². The molecular weight excluding hydrogens is 384 g/mol. The smallest absolute Gasteiger partial charge is 0.230 e. The number of aryl methyl sites for hydroxylation is 1. The fraction of sp³-hybridized carbons (Fsp3) is 0.476. The van der Waals surface area contributed by atoms with Crippen LogP contribution in [0.2, 0.25) is 0 Å². The summed E-state index contributed by atoms with van der Waals surface area (Å²) in [5, 5.41) is 8.04. The van der Waals surface area contributed by atoms with E-state index in [4.69, 9.17) is 4.74 Å². The van der Waals surface area contributed by atoms with Crippen LogP contribution in [-0.4, -0.2) is 66.7 Å². The molecule has 2 amide bonds. The molecule has 0 aliphatic carbocycles. The highest BCUT2D eigenvalue weighted by Crippen LogP contribution is 2.52. The van der Waals surface area contributed by atoms with Crippen molar-refractivity contribution >= 4 is 11.8 Å². The third-order valence-electron chi connectivity index (χ3n) is 6.35. The van der Waals surface area contributed by atoms with Crippen LogP contribution in [0.5, 0.6) is 0 Å². The summed E-state index contributed by atoms with van der Waals surface area (Å²) in [7, 11) is 1.74. The van der Waals surface area contributed by atoms with Crippen LogP contribution >= 0.6 is 0 Å². The average Bonchev–Trinajstić information content (AvgIpc) is 3.50. The Labute approximate surface area is 174 Å². The fourth-order valence-corrected chi connectivity index (χ4v) is 4.92. The maximum atomic E-state index is 13.4. The van der Waals surface area contributed by atoms with Gasteiger partial charge in [-0.2, -0.15) is 0 Å². The normalized spacial score (nSPS) is 28.9. The lowest BCUT2D eigenvalue weighted by Crippen LogP contribution is -2.44. The first-order valence-electron chi connectivity index (χ1n) is 10.2. The molecule has 2 saturated heterocycles. The zero-order chi connectivity index (χ0) is 20.9. The van der Waals surface area contributed by atoms with Crippen LogP contribution < -0.4 is 0 Å². The molecular formula is C21H24N6O3. The summed E-state index contributed by atoms with van der Waals surface area (Å²) in [6.45, 7) is 3.99. The van der Waals surface area contributed by atoms with E-state index in [2.05, 4.69) is 15.2 Å². The zero-order valence-corrected chi connectivity index (χ0v) is 17.0. The van der Waals surface area contributed by atoms with Gasteiger partial charge in [0.25, 0.3) is 0 Å². The van der Waals surface area contributed by atoms with Gasteiger partial charge in [0.05, 0.1) is 31.0 Å². The number of pyridine rings is 1. The van der Waals surface area contributed by atoms with Crippen LogP contribution in [0, 0.1) is 11.8 Å². The fourth-order valence-electron chi connectivity index (χ4n) is 4.92. The van der Waals surface area contributed by atoms with Crippen molar-refractivity contribution < 1.29 is 14.3 Å². The van der Waals surface area contributed by atoms with E-state index in [1.807, 2.05) is 35.8 Å². The number of rotatable bonds is 6. The highest BCUT2D eigenvalue weighted by Gasteiger charge is 2.67. The monoisotopic (exact) mass is 408 g/mol. The molecule has 0 aromatic carbocycles. The van der Waals surface area contributed by atoms with Crippen LogP contribution in [0.1, 0.15) is 18.3 Å². The maximum absolute atomic E-state index is 13.4. The molecule has 9 heteroatoms. The second kappa shape index (κ2) is 7.02. The van der Waals surface area contributed by atoms with E-state index >= 15 is 0 Å². The van der Waals surface area contributed by atoms with Gasteiger partial charge >= 0.3 is 0 Å². The minimum atomic E-state index is -0.714. The van der Waals surface area contributed by atoms with Crippen molar-refractivity contribution in [3.63, 3.8) is 0 Å². The van der Waals surface area contributed by atoms with Crippen molar-refractivity contribution in [2.24, 2.45) is 11.8 Å². The number of carbonyl (C=O) groups excluding carboxylic acids is 2. The van der Waals surface area contributed by atoms with Crippen LogP contribution in [0.3, 0.4) is 0 Å². The van der Waals surface area contributed by atoms with Crippen molar-refractivity contribution in [2.75, 3.05) is 13.6 Å². The minimum absolute atomic E-state index is 0.0332. The third kappa shape index (κ3) is 2.84. The van der Waals surface area contributed by atoms with Crippen LogP contribution in [-0.2, 0) is 34.0 Å². The quantitative estimate of drug-likeness (QED) is 0.651. The first-order chi connectivity index (χ1) is 14.5. The molecule has 156 valence electrons. The van der Waals surface area contributed by atoms with Gasteiger partial charge in [0.15, 0.2) is 5.82 Å². The number of fused-ring (bicyclic) bond motifs is 1. The average molecular weight is 408 g/mol. The van der Waals surface area contributed by atoms with E-state index in [-0.39, 0.29) is 17.9 Å². The van der Waals surface area contributed by atoms with Gasteiger partial charge in [0, 0.05) is 32.5 Å². The van der Waals surface area contributed by atoms with Gasteiger partial charge < -0.3 is 19.1 Å². The number of hydrogen-bond donors (Lipinski definition) is 0. The Morgan fingerprint density at radius 1 is 1.43 bits per heavy atom. The second-order valence-corrected chi connectivity index (χ2v) is 8.18. The summed E-state index contributed by atoms with van der Waals surface area (Å²) in [5.74, 6) is -0.432. The summed E-state index contributed by atoms with van der Waals surface area (Å²) >= 11 is 0. The van der Waals surface area contributed by atoms with Gasteiger partial charge in [-0.1, -0.05) is 18.2 Å². The van der Waals surface area contributed by atoms with Crippen LogP contribution in [0.4, 0.5) is 0 Å². The van der Waals surface area contributed by atoms with E-state index in [1.165, 1.54) is 0 Å². The Morgan fingerprint density at radius 3 is 3.07 bits per heavy atom. The van der Waals surface area contributed by atoms with E-state index in [0.29, 0.717) is 19.6 Å². The molecule has 4 atom stereocenters. The predicted molar refractivity (Wildman–Crippen MR) is 106 cm³/mol. The lowest BCUT2D eigenvalue weighted by Gasteiger charge is -2.27. The number of ether oxygens (including phenoxy) is 1. The molecule has 0 N–H and O–H groups in total. The van der Waals surface area contributed by atoms with Crippen molar-refractivity contribution in [2.45, 2.75) is 38.3 Å². The molecule has 5 heterocycles. The zero-order valence-electron chi connectivity index (χ0n) is 17.0. The second-order valence-electron chi connectivity index (χ2n) is 8.18. The number of hydrogen-bond acceptors (Lipinski definition) is 6. The molecule has 9 nitrogen and oxygen atoms in total. The Morgan fingerprint density at radius 2 is 2.30 bits per heavy atom. The Kier molecular flexibility index (Phi) is 4.43. The minimum Gasteiger partial charge on any atom is -0.360 e. The third-order valence-corrected chi connectivity index (χ3v) is 6.35. The summed E-state index contributed by atoms with van der Waals surface area (Å²) in [4.78, 5) is 34.2. The number of aromatic nitrogens is 4. The largest absolute Gasteiger partial charge is 0.360 e. The predicted octanol–water partition coefficient (Wildman–Crippen LogP) is 0.634. The Balaban J connectivity index is 1.36. The van der Waals surface area contributed by atoms with E-state index < -0.39 is 17.4 Å². The van der Waals surface area contributed by atoms with Gasteiger partial charge in [-0.05, 0) is 18.6 Å². The van der Waals surface area contributed by atoms with Crippen LogP contribution in [0.25, 0.3) is 0 Å². The number of nitrogens with zero attached hydrogens (tertiary/aromatic N) is 6. The first-order valence-corrected chi connectivity index (χ1v) is 10.2. The van der Waals surface area contributed by atoms with Gasteiger partial charge in [0.1, 0.15) is 11.9 Å². The number of amides is 2. The first kappa shape index (κ1) is 18.9. The van der Waals surface area contributed by atoms with Gasteiger partial charge in [-0.15, -0.1) is 10.2 Å². The lowest BCUT2D eigenvalue weighted by atomic mass is 9.76. The summed E-state index contributed by atoms with van der Waals surface area (Å²) in [5.41, 5.74) is 0.244. The van der Waals surface area contributed by atoms with Crippen molar-refractivity contribution in [3.8, 4) is 0 Å². The molecule has 2 bridgehead atoms. The summed E-state index contributed by atoms with van der Waals surface area (Å²) in [6, 6.07) is 3.80. The van der Waals surface area contributed by atoms with E-state index in [1.54, 1.807) is 35.6 Å². The molecule has 2 aromatic rings. The molecule has 2 fully saturated rings. The molecule has 0 unspecified atom stereocenters. The number of likely N-dealkylation sites (tertiary alicyclic amines) is 1. The van der Waals surface area contributed by atoms with Gasteiger partial charge in [-0.3, -0.25) is 14.6 Å². The van der Waals surface area contributed by atoms with Gasteiger partial charge in [-0.25, -0.2) is 0 Å². The molecule has 0 saturated carbocycles. The highest BCUT2D eigenvalue weighted by molar-refractivity contribution is 5.92. The standard InChI is InChI=1S/C21H24N6O3/c1-3-26-13-23-24-16(26)11-25(2)19(28)17-15-6-7-21(30-15)12-27(20(29)18(17)21)10-14-5-4-8-22-9-14/h4-9,13,15,17-18H,3,10-12H2,1-2H3/t15-,17+,18+,21-/m0/s1. The molecule has 1 spiro atoms. The Hall–Kier alpha value is -3.07. The van der Waals surface area contributed by atoms with Crippen molar-refractivity contribution in [1.82, 2.24) is 29.5 Å². The summed E-state index contributed by atoms with van der Waals surface area (Å²) < 4.78 is 8.12. The maximum Gasteiger partial charge on any atom is 0.230 e. The molecule has 5 rings (SSSR count). The van der Waals surface area contributed by atoms with Gasteiger partial charge in [0.2, 0.25) is 11.8 Å². The summed E-state index contributed by atoms with van der Waals surface area (Å²) in [6.07, 6.45) is 8.66. The Bertz CT molecular complexity index is 1010. The molecule has 3 aliphatic heterocycles. The molecule has 0 radical (unpaired) electrons. The topological polar surface area (TPSA) is 93.5 Å². The highest BCUT2D eigenvalue weighted by atomic mass is 16.5. The SMILES string of the molecule is CCn1cnnc1CN(C)C(=O)[C@@H]1[C@@H]2C=C[C@@]3(CN(Cc4cccnc4)C(=O)[C@@H]13)O2. The van der Waals surface area contributed by atoms with E-state index in [9.17, 15) is 9.59 Å².